The number of carboxylic acid groups (broad SMARTS) is 1. The second-order valence-corrected chi connectivity index (χ2v) is 5.66. The number of likely N-dealkylation sites (N-methyl/N-ethyl adjacent to an activating group) is 2. The second kappa shape index (κ2) is 6.50. The summed E-state index contributed by atoms with van der Waals surface area (Å²) in [6.45, 7) is 7.80. The summed E-state index contributed by atoms with van der Waals surface area (Å²) < 4.78 is 0. The largest absolute Gasteiger partial charge is 0.480 e. The van der Waals surface area contributed by atoms with Gasteiger partial charge in [-0.3, -0.25) is 9.69 Å². The van der Waals surface area contributed by atoms with Crippen molar-refractivity contribution >= 4 is 5.97 Å². The van der Waals surface area contributed by atoms with Gasteiger partial charge in [-0.25, -0.2) is 0 Å². The Kier molecular flexibility index (Phi) is 5.56. The Bertz CT molecular complexity index is 281. The van der Waals surface area contributed by atoms with E-state index in [2.05, 4.69) is 16.7 Å². The van der Waals surface area contributed by atoms with Crippen LogP contribution in [0.2, 0.25) is 0 Å². The molecule has 0 radical (unpaired) electrons. The van der Waals surface area contributed by atoms with Crippen molar-refractivity contribution in [3.05, 3.63) is 0 Å². The fourth-order valence-electron chi connectivity index (χ4n) is 2.50. The number of rotatable bonds is 7. The average molecular weight is 257 g/mol. The summed E-state index contributed by atoms with van der Waals surface area (Å²) in [7, 11) is 2.05. The highest BCUT2D eigenvalue weighted by molar-refractivity contribution is 5.77. The molecule has 0 saturated carbocycles. The van der Waals surface area contributed by atoms with Gasteiger partial charge in [0.15, 0.2) is 0 Å². The molecule has 1 fully saturated rings. The van der Waals surface area contributed by atoms with Crippen LogP contribution in [0.5, 0.6) is 0 Å². The van der Waals surface area contributed by atoms with Gasteiger partial charge in [0.2, 0.25) is 0 Å². The van der Waals surface area contributed by atoms with Gasteiger partial charge >= 0.3 is 5.97 Å². The number of hydrogen-bond donors (Lipinski definition) is 2. The molecule has 0 amide bonds. The molecule has 0 spiro atoms. The Hall–Kier alpha value is -0.650. The quantitative estimate of drug-likeness (QED) is 0.699. The third-order valence-corrected chi connectivity index (χ3v) is 3.93. The Morgan fingerprint density at radius 2 is 2.28 bits per heavy atom. The van der Waals surface area contributed by atoms with Crippen molar-refractivity contribution < 1.29 is 9.90 Å². The summed E-state index contributed by atoms with van der Waals surface area (Å²) in [6, 6.07) is 0.619. The predicted molar refractivity (Wildman–Crippen MR) is 72.6 cm³/mol. The van der Waals surface area contributed by atoms with E-state index in [4.69, 9.17) is 10.8 Å². The number of nitrogens with zero attached hydrogens (tertiary/aromatic N) is 2. The molecule has 1 heterocycles. The minimum Gasteiger partial charge on any atom is -0.480 e. The summed E-state index contributed by atoms with van der Waals surface area (Å²) in [5.41, 5.74) is 4.62. The van der Waals surface area contributed by atoms with Crippen LogP contribution >= 0.6 is 0 Å². The number of aliphatic carboxylic acids is 1. The third-order valence-electron chi connectivity index (χ3n) is 3.93. The Balaban J connectivity index is 2.33. The number of hydrogen-bond acceptors (Lipinski definition) is 4. The van der Waals surface area contributed by atoms with Crippen LogP contribution in [-0.2, 0) is 4.79 Å². The first-order valence-corrected chi connectivity index (χ1v) is 6.81. The molecule has 1 rings (SSSR count). The van der Waals surface area contributed by atoms with Gasteiger partial charge < -0.3 is 15.7 Å². The van der Waals surface area contributed by atoms with Crippen LogP contribution in [0.3, 0.4) is 0 Å². The van der Waals surface area contributed by atoms with Crippen molar-refractivity contribution in [2.45, 2.75) is 44.7 Å². The van der Waals surface area contributed by atoms with Gasteiger partial charge in [0.05, 0.1) is 0 Å². The molecule has 1 saturated heterocycles. The number of carboxylic acids is 1. The van der Waals surface area contributed by atoms with Gasteiger partial charge in [0.1, 0.15) is 5.54 Å². The van der Waals surface area contributed by atoms with Crippen LogP contribution in [0, 0.1) is 0 Å². The molecule has 106 valence electrons. The van der Waals surface area contributed by atoms with Crippen molar-refractivity contribution in [2.24, 2.45) is 5.73 Å². The van der Waals surface area contributed by atoms with Crippen LogP contribution in [0.4, 0.5) is 0 Å². The van der Waals surface area contributed by atoms with Gasteiger partial charge in [-0.15, -0.1) is 0 Å². The SMILES string of the molecule is CCN1CCCC1CN(C)CCC(C)(N)C(=O)O. The summed E-state index contributed by atoms with van der Waals surface area (Å²) >= 11 is 0. The molecular formula is C13H27N3O2. The van der Waals surface area contributed by atoms with Crippen LogP contribution in [0.25, 0.3) is 0 Å². The van der Waals surface area contributed by atoms with E-state index in [1.54, 1.807) is 6.92 Å². The highest BCUT2D eigenvalue weighted by atomic mass is 16.4. The lowest BCUT2D eigenvalue weighted by Gasteiger charge is -2.29. The first kappa shape index (κ1) is 15.4. The molecule has 5 nitrogen and oxygen atoms in total. The van der Waals surface area contributed by atoms with E-state index in [0.717, 1.165) is 19.6 Å². The van der Waals surface area contributed by atoms with E-state index < -0.39 is 11.5 Å². The molecular weight excluding hydrogens is 230 g/mol. The summed E-state index contributed by atoms with van der Waals surface area (Å²) in [5.74, 6) is -0.924. The Morgan fingerprint density at radius 3 is 2.83 bits per heavy atom. The van der Waals surface area contributed by atoms with Crippen LogP contribution in [0.15, 0.2) is 0 Å². The van der Waals surface area contributed by atoms with E-state index in [-0.39, 0.29) is 0 Å². The topological polar surface area (TPSA) is 69.8 Å². The van der Waals surface area contributed by atoms with Crippen LogP contribution in [0.1, 0.15) is 33.1 Å². The van der Waals surface area contributed by atoms with Crippen molar-refractivity contribution in [3.8, 4) is 0 Å². The Labute approximate surface area is 110 Å². The molecule has 5 heteroatoms. The molecule has 2 atom stereocenters. The fourth-order valence-corrected chi connectivity index (χ4v) is 2.50. The molecule has 0 aliphatic carbocycles. The maximum atomic E-state index is 10.9. The van der Waals surface area contributed by atoms with E-state index >= 15 is 0 Å². The Morgan fingerprint density at radius 1 is 1.61 bits per heavy atom. The number of nitrogens with two attached hydrogens (primary N) is 1. The van der Waals surface area contributed by atoms with Gasteiger partial charge in [-0.05, 0) is 46.3 Å². The van der Waals surface area contributed by atoms with E-state index in [0.29, 0.717) is 12.5 Å². The lowest BCUT2D eigenvalue weighted by Crippen LogP contribution is -2.48. The highest BCUT2D eigenvalue weighted by Crippen LogP contribution is 2.17. The smallest absolute Gasteiger partial charge is 0.323 e. The lowest BCUT2D eigenvalue weighted by molar-refractivity contribution is -0.143. The molecule has 18 heavy (non-hydrogen) atoms. The van der Waals surface area contributed by atoms with E-state index in [9.17, 15) is 4.79 Å². The molecule has 0 aromatic carbocycles. The van der Waals surface area contributed by atoms with Crippen LogP contribution < -0.4 is 5.73 Å². The fraction of sp³-hybridized carbons (Fsp3) is 0.923. The molecule has 3 N–H and O–H groups in total. The molecule has 0 aromatic heterocycles. The molecule has 2 unspecified atom stereocenters. The van der Waals surface area contributed by atoms with Gasteiger partial charge in [-0.2, -0.15) is 0 Å². The van der Waals surface area contributed by atoms with E-state index in [1.807, 2.05) is 7.05 Å². The maximum Gasteiger partial charge on any atom is 0.323 e. The normalized spacial score (nSPS) is 24.4. The molecule has 1 aliphatic rings. The van der Waals surface area contributed by atoms with Crippen molar-refractivity contribution in [1.82, 2.24) is 9.80 Å². The van der Waals surface area contributed by atoms with Gasteiger partial charge in [0.25, 0.3) is 0 Å². The summed E-state index contributed by atoms with van der Waals surface area (Å²) in [6.07, 6.45) is 3.00. The summed E-state index contributed by atoms with van der Waals surface area (Å²) in [5, 5.41) is 8.97. The van der Waals surface area contributed by atoms with E-state index in [1.165, 1.54) is 19.4 Å². The first-order chi connectivity index (χ1) is 8.36. The zero-order valence-electron chi connectivity index (χ0n) is 11.9. The number of carbonyl (C=O) groups is 1. The second-order valence-electron chi connectivity index (χ2n) is 5.66. The first-order valence-electron chi connectivity index (χ1n) is 6.81. The van der Waals surface area contributed by atoms with Crippen molar-refractivity contribution in [1.29, 1.82) is 0 Å². The zero-order valence-corrected chi connectivity index (χ0v) is 11.9. The lowest BCUT2D eigenvalue weighted by atomic mass is 9.99. The van der Waals surface area contributed by atoms with Crippen molar-refractivity contribution in [2.75, 3.05) is 33.2 Å². The summed E-state index contributed by atoms with van der Waals surface area (Å²) in [4.78, 5) is 15.6. The minimum atomic E-state index is -1.12. The third kappa shape index (κ3) is 4.23. The van der Waals surface area contributed by atoms with Gasteiger partial charge in [-0.1, -0.05) is 6.92 Å². The zero-order chi connectivity index (χ0) is 13.8. The standard InChI is InChI=1S/C13H27N3O2/c1-4-16-8-5-6-11(16)10-15(3)9-7-13(2,14)12(17)18/h11H,4-10,14H2,1-3H3,(H,17,18). The highest BCUT2D eigenvalue weighted by Gasteiger charge is 2.29. The van der Waals surface area contributed by atoms with Gasteiger partial charge in [0, 0.05) is 19.1 Å². The predicted octanol–water partition coefficient (Wildman–Crippen LogP) is 0.595. The monoisotopic (exact) mass is 257 g/mol. The molecule has 0 bridgehead atoms. The van der Waals surface area contributed by atoms with Crippen molar-refractivity contribution in [3.63, 3.8) is 0 Å². The average Bonchev–Trinajstić information content (AvgIpc) is 2.73. The minimum absolute atomic E-state index is 0.484. The van der Waals surface area contributed by atoms with Crippen LogP contribution in [-0.4, -0.2) is 65.7 Å². The maximum absolute atomic E-state index is 10.9. The molecule has 0 aromatic rings. The number of likely N-dealkylation sites (tertiary alicyclic amines) is 1. The molecule has 1 aliphatic heterocycles.